The molecule has 1 radical (unpaired) electrons. The number of methoxy groups -OCH3 is 1. The predicted molar refractivity (Wildman–Crippen MR) is 55.9 cm³/mol. The largest absolute Gasteiger partial charge is 0.497 e. The Hall–Kier alpha value is -1.75. The molecule has 1 aromatic carbocycles. The van der Waals surface area contributed by atoms with Gasteiger partial charge in [0, 0.05) is 5.92 Å². The standard InChI is InChI=1S/C12H12NO/c1-4-9(2)11-5-10(8-13)6-12(7-11)14-3/h4-7H,1H2,2-3H3. The zero-order chi connectivity index (χ0) is 10.6. The molecule has 71 valence electrons. The van der Waals surface area contributed by atoms with E-state index >= 15 is 0 Å². The summed E-state index contributed by atoms with van der Waals surface area (Å²) in [6.45, 7) is 5.63. The molecule has 0 aliphatic carbocycles. The van der Waals surface area contributed by atoms with Crippen molar-refractivity contribution in [1.82, 2.24) is 0 Å². The molecule has 1 rings (SSSR count). The number of benzene rings is 1. The van der Waals surface area contributed by atoms with E-state index in [0.717, 1.165) is 11.5 Å². The van der Waals surface area contributed by atoms with Crippen molar-refractivity contribution in [2.24, 2.45) is 0 Å². The molecule has 0 saturated heterocycles. The SMILES string of the molecule is C=C[C](C)c1cc(C#N)cc(OC)c1. The highest BCUT2D eigenvalue weighted by Crippen LogP contribution is 2.22. The van der Waals surface area contributed by atoms with Crippen LogP contribution < -0.4 is 4.74 Å². The molecule has 0 bridgehead atoms. The fraction of sp³-hybridized carbons (Fsp3) is 0.167. The summed E-state index contributed by atoms with van der Waals surface area (Å²) in [6, 6.07) is 7.51. The average molecular weight is 186 g/mol. The molecule has 0 aliphatic rings. The van der Waals surface area contributed by atoms with E-state index in [1.807, 2.05) is 19.1 Å². The van der Waals surface area contributed by atoms with Gasteiger partial charge in [0.25, 0.3) is 0 Å². The van der Waals surface area contributed by atoms with Gasteiger partial charge < -0.3 is 4.74 Å². The molecule has 0 atom stereocenters. The Balaban J connectivity index is 3.18. The second-order valence-corrected chi connectivity index (χ2v) is 2.95. The van der Waals surface area contributed by atoms with Crippen molar-refractivity contribution in [1.29, 1.82) is 5.26 Å². The molecule has 0 heterocycles. The molecule has 0 N–H and O–H groups in total. The van der Waals surface area contributed by atoms with Gasteiger partial charge in [-0.2, -0.15) is 5.26 Å². The lowest BCUT2D eigenvalue weighted by Crippen LogP contribution is -1.93. The number of nitrogens with zero attached hydrogens (tertiary/aromatic N) is 1. The summed E-state index contributed by atoms with van der Waals surface area (Å²) in [5.41, 5.74) is 1.57. The first kappa shape index (κ1) is 10.3. The molecule has 0 aromatic heterocycles. The number of ether oxygens (including phenoxy) is 1. The number of rotatable bonds is 3. The second-order valence-electron chi connectivity index (χ2n) is 2.95. The smallest absolute Gasteiger partial charge is 0.120 e. The lowest BCUT2D eigenvalue weighted by Gasteiger charge is -2.08. The van der Waals surface area contributed by atoms with Crippen molar-refractivity contribution in [2.75, 3.05) is 7.11 Å². The van der Waals surface area contributed by atoms with Gasteiger partial charge in [-0.1, -0.05) is 13.0 Å². The minimum absolute atomic E-state index is 0.598. The molecular weight excluding hydrogens is 174 g/mol. The molecule has 0 aliphatic heterocycles. The van der Waals surface area contributed by atoms with Crippen LogP contribution in [0.1, 0.15) is 18.1 Å². The van der Waals surface area contributed by atoms with Crippen LogP contribution in [0.15, 0.2) is 30.9 Å². The number of hydrogen-bond acceptors (Lipinski definition) is 2. The molecule has 2 heteroatoms. The summed E-state index contributed by atoms with van der Waals surface area (Å²) in [5.74, 6) is 1.72. The van der Waals surface area contributed by atoms with Crippen molar-refractivity contribution < 1.29 is 4.74 Å². The van der Waals surface area contributed by atoms with Crippen LogP contribution in [0.25, 0.3) is 0 Å². The molecule has 1 aromatic rings. The Morgan fingerprint density at radius 3 is 2.71 bits per heavy atom. The maximum atomic E-state index is 8.80. The summed E-state index contributed by atoms with van der Waals surface area (Å²) in [6.07, 6.45) is 1.76. The molecule has 0 unspecified atom stereocenters. The summed E-state index contributed by atoms with van der Waals surface area (Å²) in [5, 5.41) is 8.80. The molecule has 0 amide bonds. The van der Waals surface area contributed by atoms with Gasteiger partial charge in [-0.05, 0) is 23.8 Å². The van der Waals surface area contributed by atoms with Gasteiger partial charge in [-0.15, -0.1) is 6.58 Å². The maximum Gasteiger partial charge on any atom is 0.120 e. The monoisotopic (exact) mass is 186 g/mol. The third-order valence-corrected chi connectivity index (χ3v) is 2.03. The van der Waals surface area contributed by atoms with E-state index in [0.29, 0.717) is 11.3 Å². The Bertz CT molecular complexity index is 376. The third kappa shape index (κ3) is 2.14. The minimum Gasteiger partial charge on any atom is -0.497 e. The van der Waals surface area contributed by atoms with E-state index in [9.17, 15) is 0 Å². The highest BCUT2D eigenvalue weighted by molar-refractivity contribution is 5.47. The fourth-order valence-corrected chi connectivity index (χ4v) is 1.13. The zero-order valence-electron chi connectivity index (χ0n) is 8.37. The molecule has 0 saturated carbocycles. The van der Waals surface area contributed by atoms with Crippen LogP contribution in [-0.2, 0) is 0 Å². The first-order chi connectivity index (χ1) is 6.71. The van der Waals surface area contributed by atoms with E-state index in [2.05, 4.69) is 12.6 Å². The van der Waals surface area contributed by atoms with Gasteiger partial charge in [0.15, 0.2) is 0 Å². The van der Waals surface area contributed by atoms with Crippen LogP contribution in [0.3, 0.4) is 0 Å². The van der Waals surface area contributed by atoms with Gasteiger partial charge in [0.2, 0.25) is 0 Å². The van der Waals surface area contributed by atoms with Crippen LogP contribution in [0.2, 0.25) is 0 Å². The summed E-state index contributed by atoms with van der Waals surface area (Å²) in [4.78, 5) is 0. The van der Waals surface area contributed by atoms with Gasteiger partial charge >= 0.3 is 0 Å². The van der Waals surface area contributed by atoms with Gasteiger partial charge in [0.1, 0.15) is 5.75 Å². The minimum atomic E-state index is 0.598. The Morgan fingerprint density at radius 2 is 2.21 bits per heavy atom. The second kappa shape index (κ2) is 4.48. The zero-order valence-corrected chi connectivity index (χ0v) is 8.37. The topological polar surface area (TPSA) is 33.0 Å². The van der Waals surface area contributed by atoms with Gasteiger partial charge in [0.05, 0.1) is 18.7 Å². The van der Waals surface area contributed by atoms with E-state index in [1.165, 1.54) is 0 Å². The Kier molecular flexibility index (Phi) is 3.30. The molecule has 2 nitrogen and oxygen atoms in total. The number of allylic oxidation sites excluding steroid dienone is 1. The predicted octanol–water partition coefficient (Wildman–Crippen LogP) is 2.70. The Morgan fingerprint density at radius 1 is 1.50 bits per heavy atom. The molecular formula is C12H12NO. The lowest BCUT2D eigenvalue weighted by molar-refractivity contribution is 0.414. The summed E-state index contributed by atoms with van der Waals surface area (Å²) >= 11 is 0. The highest BCUT2D eigenvalue weighted by Gasteiger charge is 2.05. The van der Waals surface area contributed by atoms with Gasteiger partial charge in [-0.25, -0.2) is 0 Å². The number of nitriles is 1. The van der Waals surface area contributed by atoms with E-state index in [4.69, 9.17) is 10.00 Å². The highest BCUT2D eigenvalue weighted by atomic mass is 16.5. The fourth-order valence-electron chi connectivity index (χ4n) is 1.13. The van der Waals surface area contributed by atoms with Crippen molar-refractivity contribution in [3.8, 4) is 11.8 Å². The van der Waals surface area contributed by atoms with Crippen LogP contribution >= 0.6 is 0 Å². The van der Waals surface area contributed by atoms with E-state index < -0.39 is 0 Å². The number of hydrogen-bond donors (Lipinski definition) is 0. The van der Waals surface area contributed by atoms with Crippen molar-refractivity contribution in [3.05, 3.63) is 47.9 Å². The van der Waals surface area contributed by atoms with Crippen LogP contribution in [0.5, 0.6) is 5.75 Å². The first-order valence-corrected chi connectivity index (χ1v) is 4.26. The maximum absolute atomic E-state index is 8.80. The molecule has 0 fully saturated rings. The van der Waals surface area contributed by atoms with E-state index in [1.54, 1.807) is 19.3 Å². The van der Waals surface area contributed by atoms with Gasteiger partial charge in [-0.3, -0.25) is 0 Å². The average Bonchev–Trinajstić information content (AvgIpc) is 2.27. The van der Waals surface area contributed by atoms with Crippen molar-refractivity contribution in [2.45, 2.75) is 6.92 Å². The quantitative estimate of drug-likeness (QED) is 0.727. The van der Waals surface area contributed by atoms with E-state index in [-0.39, 0.29) is 0 Å². The molecule has 0 spiro atoms. The van der Waals surface area contributed by atoms with Crippen LogP contribution in [-0.4, -0.2) is 7.11 Å². The Labute approximate surface area is 84.4 Å². The van der Waals surface area contributed by atoms with Crippen LogP contribution in [0.4, 0.5) is 0 Å². The molecule has 14 heavy (non-hydrogen) atoms. The summed E-state index contributed by atoms with van der Waals surface area (Å²) in [7, 11) is 1.59. The van der Waals surface area contributed by atoms with Crippen LogP contribution in [0, 0.1) is 17.2 Å². The van der Waals surface area contributed by atoms with Crippen molar-refractivity contribution >= 4 is 0 Å². The summed E-state index contributed by atoms with van der Waals surface area (Å²) < 4.78 is 5.09. The normalized spacial score (nSPS) is 9.57. The third-order valence-electron chi connectivity index (χ3n) is 2.03. The first-order valence-electron chi connectivity index (χ1n) is 4.26. The lowest BCUT2D eigenvalue weighted by atomic mass is 9.99. The van der Waals surface area contributed by atoms with Crippen molar-refractivity contribution in [3.63, 3.8) is 0 Å².